The molecule has 6 rings (SSSR count). The summed E-state index contributed by atoms with van der Waals surface area (Å²) in [7, 11) is 1.98. The van der Waals surface area contributed by atoms with Crippen LogP contribution in [0.15, 0.2) is 42.9 Å². The van der Waals surface area contributed by atoms with Gasteiger partial charge < -0.3 is 9.47 Å². The number of aromatic nitrogens is 4. The predicted octanol–water partition coefficient (Wildman–Crippen LogP) is 2.46. The van der Waals surface area contributed by atoms with Gasteiger partial charge in [-0.15, -0.1) is 0 Å². The molecule has 0 aliphatic carbocycles. The molecule has 0 radical (unpaired) electrons. The minimum atomic E-state index is 0.485. The van der Waals surface area contributed by atoms with Gasteiger partial charge in [-0.05, 0) is 24.3 Å². The van der Waals surface area contributed by atoms with E-state index in [1.807, 2.05) is 17.8 Å². The second kappa shape index (κ2) is 6.36. The Bertz CT molecular complexity index is 905. The molecule has 3 aliphatic heterocycles. The lowest BCUT2D eigenvalue weighted by Gasteiger charge is -2.36. The van der Waals surface area contributed by atoms with Crippen molar-refractivity contribution in [3.05, 3.63) is 48.4 Å². The second-order valence-electron chi connectivity index (χ2n) is 7.66. The van der Waals surface area contributed by atoms with Crippen molar-refractivity contribution < 1.29 is 0 Å². The Kier molecular flexibility index (Phi) is 3.85. The Labute approximate surface area is 153 Å². The minimum Gasteiger partial charge on any atom is -0.336 e. The SMILES string of the molecule is Cn1cnc2nc(N3C[C@@H]4CC[C@H]3CN(Cc3ccccc3)C4)ncc21. The van der Waals surface area contributed by atoms with Crippen molar-refractivity contribution in [3.8, 4) is 0 Å². The Hall–Kier alpha value is -2.47. The highest BCUT2D eigenvalue weighted by Gasteiger charge is 2.36. The van der Waals surface area contributed by atoms with Gasteiger partial charge in [-0.1, -0.05) is 30.3 Å². The maximum absolute atomic E-state index is 4.75. The van der Waals surface area contributed by atoms with Crippen LogP contribution in [-0.2, 0) is 13.6 Å². The fourth-order valence-electron chi connectivity index (χ4n) is 4.44. The third-order valence-corrected chi connectivity index (χ3v) is 5.77. The van der Waals surface area contributed by atoms with Crippen LogP contribution in [-0.4, -0.2) is 50.1 Å². The Balaban J connectivity index is 1.39. The highest BCUT2D eigenvalue weighted by molar-refractivity contribution is 5.71. The number of fused-ring (bicyclic) bond motifs is 5. The van der Waals surface area contributed by atoms with Crippen LogP contribution >= 0.6 is 0 Å². The molecule has 2 bridgehead atoms. The highest BCUT2D eigenvalue weighted by atomic mass is 15.3. The van der Waals surface area contributed by atoms with E-state index in [9.17, 15) is 0 Å². The summed E-state index contributed by atoms with van der Waals surface area (Å²) >= 11 is 0. The smallest absolute Gasteiger partial charge is 0.227 e. The van der Waals surface area contributed by atoms with E-state index in [-0.39, 0.29) is 0 Å². The number of anilines is 1. The van der Waals surface area contributed by atoms with Crippen LogP contribution in [0.2, 0.25) is 0 Å². The van der Waals surface area contributed by atoms with E-state index < -0.39 is 0 Å². The largest absolute Gasteiger partial charge is 0.336 e. The van der Waals surface area contributed by atoms with Crippen LogP contribution in [0.3, 0.4) is 0 Å². The topological polar surface area (TPSA) is 50.1 Å². The molecule has 26 heavy (non-hydrogen) atoms. The highest BCUT2D eigenvalue weighted by Crippen LogP contribution is 2.31. The summed E-state index contributed by atoms with van der Waals surface area (Å²) in [5, 5.41) is 0. The third kappa shape index (κ3) is 2.84. The van der Waals surface area contributed by atoms with E-state index >= 15 is 0 Å². The summed E-state index contributed by atoms with van der Waals surface area (Å²) in [4.78, 5) is 18.9. The average Bonchev–Trinajstić information content (AvgIpc) is 2.83. The van der Waals surface area contributed by atoms with Gasteiger partial charge in [0, 0.05) is 39.3 Å². The molecule has 0 amide bonds. The molecule has 3 aromatic rings. The molecule has 0 saturated carbocycles. The fraction of sp³-hybridized carbons (Fsp3) is 0.450. The summed E-state index contributed by atoms with van der Waals surface area (Å²) in [6.45, 7) is 4.32. The molecule has 3 aliphatic rings. The van der Waals surface area contributed by atoms with Crippen LogP contribution in [0, 0.1) is 5.92 Å². The van der Waals surface area contributed by atoms with Crippen molar-refractivity contribution in [3.63, 3.8) is 0 Å². The van der Waals surface area contributed by atoms with E-state index in [1.165, 1.54) is 18.4 Å². The molecule has 3 fully saturated rings. The summed E-state index contributed by atoms with van der Waals surface area (Å²) in [5.41, 5.74) is 3.17. The van der Waals surface area contributed by atoms with E-state index in [4.69, 9.17) is 4.98 Å². The summed E-state index contributed by atoms with van der Waals surface area (Å²) in [5.74, 6) is 1.52. The summed E-state index contributed by atoms with van der Waals surface area (Å²) in [6.07, 6.45) is 6.24. The quantitative estimate of drug-likeness (QED) is 0.728. The number of rotatable bonds is 3. The molecule has 5 heterocycles. The van der Waals surface area contributed by atoms with Crippen LogP contribution < -0.4 is 4.90 Å². The first-order chi connectivity index (χ1) is 12.8. The predicted molar refractivity (Wildman–Crippen MR) is 102 cm³/mol. The third-order valence-electron chi connectivity index (χ3n) is 5.77. The lowest BCUT2D eigenvalue weighted by molar-refractivity contribution is 0.256. The molecular formula is C20H24N6. The molecule has 2 aromatic heterocycles. The van der Waals surface area contributed by atoms with Gasteiger partial charge in [0.15, 0.2) is 5.65 Å². The lowest BCUT2D eigenvalue weighted by Crippen LogP contribution is -2.44. The molecule has 3 saturated heterocycles. The minimum absolute atomic E-state index is 0.485. The zero-order valence-corrected chi connectivity index (χ0v) is 15.1. The van der Waals surface area contributed by atoms with Gasteiger partial charge in [-0.3, -0.25) is 4.90 Å². The molecule has 6 nitrogen and oxygen atoms in total. The van der Waals surface area contributed by atoms with Gasteiger partial charge in [-0.2, -0.15) is 4.98 Å². The van der Waals surface area contributed by atoms with E-state index in [1.54, 1.807) is 6.33 Å². The van der Waals surface area contributed by atoms with Crippen molar-refractivity contribution >= 4 is 17.1 Å². The van der Waals surface area contributed by atoms with Crippen molar-refractivity contribution in [1.29, 1.82) is 0 Å². The van der Waals surface area contributed by atoms with Crippen LogP contribution in [0.5, 0.6) is 0 Å². The van der Waals surface area contributed by atoms with Crippen LogP contribution in [0.25, 0.3) is 11.2 Å². The molecule has 0 N–H and O–H groups in total. The van der Waals surface area contributed by atoms with E-state index in [2.05, 4.69) is 50.1 Å². The summed E-state index contributed by atoms with van der Waals surface area (Å²) < 4.78 is 1.97. The standard InChI is InChI=1S/C20H24N6/c1-24-14-22-19-18(24)9-21-20(23-19)26-12-16-7-8-17(26)13-25(11-16)10-15-5-3-2-4-6-15/h2-6,9,14,16-17H,7-8,10-13H2,1H3/t16-,17+/m1/s1. The van der Waals surface area contributed by atoms with Gasteiger partial charge in [0.05, 0.1) is 12.5 Å². The van der Waals surface area contributed by atoms with Gasteiger partial charge >= 0.3 is 0 Å². The molecular weight excluding hydrogens is 324 g/mol. The van der Waals surface area contributed by atoms with Crippen LogP contribution in [0.4, 0.5) is 5.95 Å². The maximum atomic E-state index is 4.75. The number of imidazole rings is 1. The lowest BCUT2D eigenvalue weighted by atomic mass is 9.95. The Morgan fingerprint density at radius 2 is 1.92 bits per heavy atom. The average molecular weight is 348 g/mol. The fourth-order valence-corrected chi connectivity index (χ4v) is 4.44. The first-order valence-electron chi connectivity index (χ1n) is 9.43. The summed E-state index contributed by atoms with van der Waals surface area (Å²) in [6, 6.07) is 11.3. The first kappa shape index (κ1) is 15.8. The number of hydrogen-bond acceptors (Lipinski definition) is 5. The van der Waals surface area contributed by atoms with E-state index in [0.717, 1.165) is 43.3 Å². The second-order valence-corrected chi connectivity index (χ2v) is 7.66. The molecule has 134 valence electrons. The molecule has 0 spiro atoms. The normalized spacial score (nSPS) is 23.5. The maximum Gasteiger partial charge on any atom is 0.227 e. The molecule has 2 atom stereocenters. The van der Waals surface area contributed by atoms with Crippen molar-refractivity contribution in [1.82, 2.24) is 24.4 Å². The van der Waals surface area contributed by atoms with Crippen molar-refractivity contribution in [2.75, 3.05) is 24.5 Å². The number of aryl methyl sites for hydroxylation is 1. The molecule has 0 unspecified atom stereocenters. The zero-order valence-electron chi connectivity index (χ0n) is 15.1. The Morgan fingerprint density at radius 3 is 2.81 bits per heavy atom. The number of benzene rings is 1. The monoisotopic (exact) mass is 348 g/mol. The molecule has 6 heteroatoms. The number of piperidine rings is 1. The number of nitrogens with zero attached hydrogens (tertiary/aromatic N) is 6. The Morgan fingerprint density at radius 1 is 1.04 bits per heavy atom. The van der Waals surface area contributed by atoms with Crippen LogP contribution in [0.1, 0.15) is 18.4 Å². The van der Waals surface area contributed by atoms with Gasteiger partial charge in [0.2, 0.25) is 5.95 Å². The molecule has 1 aromatic carbocycles. The van der Waals surface area contributed by atoms with Crippen molar-refractivity contribution in [2.24, 2.45) is 13.0 Å². The zero-order chi connectivity index (χ0) is 17.5. The van der Waals surface area contributed by atoms with E-state index in [0.29, 0.717) is 12.0 Å². The first-order valence-corrected chi connectivity index (χ1v) is 9.43. The van der Waals surface area contributed by atoms with Gasteiger partial charge in [-0.25, -0.2) is 9.97 Å². The van der Waals surface area contributed by atoms with Crippen molar-refractivity contribution in [2.45, 2.75) is 25.4 Å². The number of hydrogen-bond donors (Lipinski definition) is 0. The van der Waals surface area contributed by atoms with Gasteiger partial charge in [0.25, 0.3) is 0 Å². The van der Waals surface area contributed by atoms with Gasteiger partial charge in [0.1, 0.15) is 5.52 Å².